The SMILES string of the molecule is c1cc2c(cn1)[se]c1ccncc12. The molecular formula is C10H6N2Se. The van der Waals surface area contributed by atoms with Crippen LogP contribution in [0.15, 0.2) is 36.9 Å². The Kier molecular flexibility index (Phi) is 1.48. The van der Waals surface area contributed by atoms with Gasteiger partial charge in [-0.25, -0.2) is 0 Å². The van der Waals surface area contributed by atoms with Crippen LogP contribution in [0, 0.1) is 0 Å². The monoisotopic (exact) mass is 234 g/mol. The molecule has 0 saturated carbocycles. The maximum absolute atomic E-state index is 4.14. The molecule has 0 atom stereocenters. The van der Waals surface area contributed by atoms with E-state index >= 15 is 0 Å². The van der Waals surface area contributed by atoms with E-state index in [9.17, 15) is 0 Å². The van der Waals surface area contributed by atoms with E-state index < -0.39 is 0 Å². The molecule has 0 bridgehead atoms. The molecule has 0 aromatic carbocycles. The summed E-state index contributed by atoms with van der Waals surface area (Å²) in [7, 11) is 0. The van der Waals surface area contributed by atoms with E-state index in [-0.39, 0.29) is 0 Å². The summed E-state index contributed by atoms with van der Waals surface area (Å²) >= 11 is 0.432. The van der Waals surface area contributed by atoms with Crippen molar-refractivity contribution >= 4 is 33.8 Å². The number of rotatable bonds is 0. The summed E-state index contributed by atoms with van der Waals surface area (Å²) in [5.74, 6) is 0. The summed E-state index contributed by atoms with van der Waals surface area (Å²) in [5, 5.41) is 2.61. The first-order valence-electron chi connectivity index (χ1n) is 4.01. The van der Waals surface area contributed by atoms with Crippen molar-refractivity contribution in [2.75, 3.05) is 0 Å². The van der Waals surface area contributed by atoms with Crippen LogP contribution in [0.25, 0.3) is 19.3 Å². The average Bonchev–Trinajstić information content (AvgIpc) is 2.56. The van der Waals surface area contributed by atoms with Gasteiger partial charge in [-0.3, -0.25) is 0 Å². The fraction of sp³-hybridized carbons (Fsp3) is 0. The van der Waals surface area contributed by atoms with Gasteiger partial charge >= 0.3 is 80.7 Å². The Morgan fingerprint density at radius 3 is 2.69 bits per heavy atom. The van der Waals surface area contributed by atoms with Crippen LogP contribution in [0.5, 0.6) is 0 Å². The van der Waals surface area contributed by atoms with Crippen molar-refractivity contribution in [3.05, 3.63) is 36.9 Å². The maximum atomic E-state index is 4.14. The average molecular weight is 233 g/mol. The second kappa shape index (κ2) is 2.66. The second-order valence-electron chi connectivity index (χ2n) is 2.85. The van der Waals surface area contributed by atoms with Gasteiger partial charge in [0.25, 0.3) is 0 Å². The molecule has 3 aromatic heterocycles. The molecule has 3 aromatic rings. The Balaban J connectivity index is 2.64. The first-order chi connectivity index (χ1) is 6.45. The second-order valence-corrected chi connectivity index (χ2v) is 5.12. The summed E-state index contributed by atoms with van der Waals surface area (Å²) in [5.41, 5.74) is 0. The molecule has 0 aliphatic rings. The summed E-state index contributed by atoms with van der Waals surface area (Å²) in [6.07, 6.45) is 7.62. The molecule has 0 aliphatic heterocycles. The van der Waals surface area contributed by atoms with Crippen LogP contribution in [0.2, 0.25) is 0 Å². The van der Waals surface area contributed by atoms with Crippen LogP contribution >= 0.6 is 0 Å². The van der Waals surface area contributed by atoms with Crippen LogP contribution in [-0.2, 0) is 0 Å². The van der Waals surface area contributed by atoms with Gasteiger partial charge in [0.05, 0.1) is 0 Å². The van der Waals surface area contributed by atoms with E-state index in [0.717, 1.165) is 0 Å². The molecular weight excluding hydrogens is 227 g/mol. The van der Waals surface area contributed by atoms with E-state index in [0.29, 0.717) is 14.5 Å². The zero-order valence-electron chi connectivity index (χ0n) is 6.77. The topological polar surface area (TPSA) is 25.8 Å². The zero-order chi connectivity index (χ0) is 8.67. The van der Waals surface area contributed by atoms with Gasteiger partial charge < -0.3 is 0 Å². The third kappa shape index (κ3) is 1.01. The van der Waals surface area contributed by atoms with Crippen molar-refractivity contribution < 1.29 is 0 Å². The van der Waals surface area contributed by atoms with Crippen molar-refractivity contribution in [1.29, 1.82) is 0 Å². The Labute approximate surface area is 81.0 Å². The molecule has 0 N–H and O–H groups in total. The summed E-state index contributed by atoms with van der Waals surface area (Å²) in [4.78, 5) is 8.28. The van der Waals surface area contributed by atoms with Gasteiger partial charge in [0.2, 0.25) is 0 Å². The van der Waals surface area contributed by atoms with E-state index in [1.165, 1.54) is 19.3 Å². The molecule has 2 nitrogen and oxygen atoms in total. The van der Waals surface area contributed by atoms with Gasteiger partial charge in [-0.15, -0.1) is 0 Å². The van der Waals surface area contributed by atoms with Gasteiger partial charge in [-0.1, -0.05) is 0 Å². The van der Waals surface area contributed by atoms with Crippen LogP contribution in [0.1, 0.15) is 0 Å². The minimum absolute atomic E-state index is 0.432. The van der Waals surface area contributed by atoms with E-state index in [4.69, 9.17) is 0 Å². The number of hydrogen-bond donors (Lipinski definition) is 0. The predicted molar refractivity (Wildman–Crippen MR) is 54.0 cm³/mol. The molecule has 3 heteroatoms. The van der Waals surface area contributed by atoms with Gasteiger partial charge in [-0.2, -0.15) is 0 Å². The molecule has 0 fully saturated rings. The minimum atomic E-state index is 0.432. The van der Waals surface area contributed by atoms with Crippen LogP contribution < -0.4 is 0 Å². The quantitative estimate of drug-likeness (QED) is 0.554. The van der Waals surface area contributed by atoms with Crippen molar-refractivity contribution in [3.63, 3.8) is 0 Å². The number of hydrogen-bond acceptors (Lipinski definition) is 2. The predicted octanol–water partition coefficient (Wildman–Crippen LogP) is 1.84. The number of fused-ring (bicyclic) bond motifs is 3. The first-order valence-corrected chi connectivity index (χ1v) is 5.73. The van der Waals surface area contributed by atoms with Gasteiger partial charge in [0.1, 0.15) is 0 Å². The standard InChI is InChI=1S/C10H6N2Se/c1-3-12-6-10-7(1)8-5-11-4-2-9(8)13-10/h1-6H. The van der Waals surface area contributed by atoms with Gasteiger partial charge in [0, 0.05) is 0 Å². The van der Waals surface area contributed by atoms with Crippen molar-refractivity contribution in [3.8, 4) is 0 Å². The molecule has 0 saturated heterocycles. The molecule has 0 radical (unpaired) electrons. The van der Waals surface area contributed by atoms with Gasteiger partial charge in [-0.05, 0) is 0 Å². The third-order valence-electron chi connectivity index (χ3n) is 2.08. The van der Waals surface area contributed by atoms with Crippen molar-refractivity contribution in [2.45, 2.75) is 0 Å². The van der Waals surface area contributed by atoms with Crippen LogP contribution in [-0.4, -0.2) is 24.5 Å². The third-order valence-corrected chi connectivity index (χ3v) is 4.43. The summed E-state index contributed by atoms with van der Waals surface area (Å²) in [6.45, 7) is 0. The molecule has 3 rings (SSSR count). The molecule has 62 valence electrons. The molecule has 0 aliphatic carbocycles. The molecule has 13 heavy (non-hydrogen) atoms. The number of aromatic nitrogens is 2. The molecule has 0 unspecified atom stereocenters. The Morgan fingerprint density at radius 2 is 1.69 bits per heavy atom. The number of nitrogens with zero attached hydrogens (tertiary/aromatic N) is 2. The fourth-order valence-electron chi connectivity index (χ4n) is 1.48. The van der Waals surface area contributed by atoms with E-state index in [2.05, 4.69) is 22.1 Å². The number of pyridine rings is 2. The van der Waals surface area contributed by atoms with Crippen LogP contribution in [0.4, 0.5) is 0 Å². The first kappa shape index (κ1) is 7.24. The Morgan fingerprint density at radius 1 is 0.846 bits per heavy atom. The summed E-state index contributed by atoms with van der Waals surface area (Å²) in [6, 6.07) is 4.18. The van der Waals surface area contributed by atoms with Crippen molar-refractivity contribution in [1.82, 2.24) is 9.97 Å². The van der Waals surface area contributed by atoms with Crippen LogP contribution in [0.3, 0.4) is 0 Å². The van der Waals surface area contributed by atoms with E-state index in [1.54, 1.807) is 0 Å². The van der Waals surface area contributed by atoms with Gasteiger partial charge in [0.15, 0.2) is 0 Å². The zero-order valence-corrected chi connectivity index (χ0v) is 8.48. The Bertz CT molecular complexity index is 521. The normalized spacial score (nSPS) is 11.1. The van der Waals surface area contributed by atoms with Crippen molar-refractivity contribution in [2.24, 2.45) is 0 Å². The molecule has 3 heterocycles. The van der Waals surface area contributed by atoms with E-state index in [1.807, 2.05) is 24.8 Å². The Hall–Kier alpha value is -1.18. The molecule has 0 amide bonds. The summed E-state index contributed by atoms with van der Waals surface area (Å²) < 4.78 is 2.79. The fourth-order valence-corrected chi connectivity index (χ4v) is 3.66. The molecule has 0 spiro atoms.